The second kappa shape index (κ2) is 5.69. The molecule has 0 atom stereocenters. The maximum absolute atomic E-state index is 12.1. The highest BCUT2D eigenvalue weighted by molar-refractivity contribution is 7.10. The summed E-state index contributed by atoms with van der Waals surface area (Å²) in [5.74, 6) is 5.13. The Labute approximate surface area is 114 Å². The summed E-state index contributed by atoms with van der Waals surface area (Å²) in [6.45, 7) is 3.49. The van der Waals surface area contributed by atoms with Crippen LogP contribution in [0.3, 0.4) is 0 Å². The first-order valence-corrected chi connectivity index (χ1v) is 6.51. The largest absolute Gasteiger partial charge is 0.384 e. The molecule has 5 nitrogen and oxygen atoms in total. The quantitative estimate of drug-likeness (QED) is 0.730. The minimum Gasteiger partial charge on any atom is -0.384 e. The first-order chi connectivity index (χ1) is 9.11. The Morgan fingerprint density at radius 1 is 1.58 bits per heavy atom. The van der Waals surface area contributed by atoms with Gasteiger partial charge in [-0.15, -0.1) is 11.3 Å². The van der Waals surface area contributed by atoms with Crippen molar-refractivity contribution in [2.45, 2.75) is 13.8 Å². The Kier molecular flexibility index (Phi) is 4.00. The van der Waals surface area contributed by atoms with Gasteiger partial charge in [-0.1, -0.05) is 11.8 Å². The molecule has 0 radical (unpaired) electrons. The number of H-pyrrole nitrogens is 1. The molecule has 19 heavy (non-hydrogen) atoms. The first kappa shape index (κ1) is 13.3. The van der Waals surface area contributed by atoms with Crippen LogP contribution in [0.4, 0.5) is 5.69 Å². The monoisotopic (exact) mass is 275 g/mol. The molecule has 0 spiro atoms. The second-order valence-electron chi connectivity index (χ2n) is 3.92. The van der Waals surface area contributed by atoms with Crippen molar-refractivity contribution < 1.29 is 9.90 Å². The van der Waals surface area contributed by atoms with Gasteiger partial charge >= 0.3 is 0 Å². The van der Waals surface area contributed by atoms with Crippen molar-refractivity contribution in [3.8, 4) is 11.8 Å². The van der Waals surface area contributed by atoms with E-state index in [2.05, 4.69) is 27.4 Å². The molecular weight excluding hydrogens is 262 g/mol. The lowest BCUT2D eigenvalue weighted by Gasteiger charge is -2.02. The van der Waals surface area contributed by atoms with E-state index in [1.54, 1.807) is 11.4 Å². The first-order valence-electron chi connectivity index (χ1n) is 5.63. The molecule has 6 heteroatoms. The molecule has 0 saturated carbocycles. The number of carbonyl (C=O) groups excluding carboxylic acids is 1. The van der Waals surface area contributed by atoms with Gasteiger partial charge in [-0.3, -0.25) is 9.89 Å². The molecule has 2 aromatic heterocycles. The second-order valence-corrected chi connectivity index (χ2v) is 4.83. The van der Waals surface area contributed by atoms with E-state index in [0.717, 1.165) is 16.3 Å². The number of amides is 1. The van der Waals surface area contributed by atoms with Crippen LogP contribution in [-0.2, 0) is 0 Å². The number of aryl methyl sites for hydroxylation is 2. The average molecular weight is 275 g/mol. The van der Waals surface area contributed by atoms with Gasteiger partial charge in [-0.25, -0.2) is 0 Å². The van der Waals surface area contributed by atoms with Gasteiger partial charge < -0.3 is 10.4 Å². The van der Waals surface area contributed by atoms with Gasteiger partial charge in [0.15, 0.2) is 0 Å². The Balaban J connectivity index is 2.14. The van der Waals surface area contributed by atoms with Crippen molar-refractivity contribution in [1.29, 1.82) is 0 Å². The number of hydrogen-bond acceptors (Lipinski definition) is 4. The highest BCUT2D eigenvalue weighted by Crippen LogP contribution is 2.19. The molecule has 98 valence electrons. The number of aliphatic hydroxyl groups is 1. The van der Waals surface area contributed by atoms with E-state index in [0.29, 0.717) is 11.3 Å². The average Bonchev–Trinajstić information content (AvgIpc) is 2.98. The third-order valence-corrected chi connectivity index (χ3v) is 3.36. The lowest BCUT2D eigenvalue weighted by Crippen LogP contribution is -2.11. The van der Waals surface area contributed by atoms with E-state index >= 15 is 0 Å². The Morgan fingerprint density at radius 3 is 3.00 bits per heavy atom. The number of carbonyl (C=O) groups is 1. The van der Waals surface area contributed by atoms with E-state index in [1.807, 2.05) is 13.8 Å². The smallest absolute Gasteiger partial charge is 0.256 e. The van der Waals surface area contributed by atoms with Gasteiger partial charge in [0.05, 0.1) is 27.5 Å². The van der Waals surface area contributed by atoms with Gasteiger partial charge in [-0.05, 0) is 19.9 Å². The zero-order valence-corrected chi connectivity index (χ0v) is 11.4. The van der Waals surface area contributed by atoms with Gasteiger partial charge in [-0.2, -0.15) is 5.10 Å². The maximum atomic E-state index is 12.1. The van der Waals surface area contributed by atoms with Crippen molar-refractivity contribution in [1.82, 2.24) is 10.2 Å². The van der Waals surface area contributed by atoms with E-state index < -0.39 is 0 Å². The number of aromatic amines is 1. The number of rotatable bonds is 2. The summed E-state index contributed by atoms with van der Waals surface area (Å²) in [6.07, 6.45) is 0. The topological polar surface area (TPSA) is 78.0 Å². The molecule has 3 N–H and O–H groups in total. The Bertz CT molecular complexity index is 641. The van der Waals surface area contributed by atoms with Gasteiger partial charge in [0.25, 0.3) is 5.91 Å². The molecule has 0 aliphatic carbocycles. The van der Waals surface area contributed by atoms with E-state index in [1.165, 1.54) is 11.3 Å². The number of nitrogens with one attached hydrogen (secondary N) is 2. The van der Waals surface area contributed by atoms with E-state index in [9.17, 15) is 4.79 Å². The highest BCUT2D eigenvalue weighted by Gasteiger charge is 2.13. The van der Waals surface area contributed by atoms with Crippen molar-refractivity contribution in [2.24, 2.45) is 0 Å². The normalized spacial score (nSPS) is 9.84. The van der Waals surface area contributed by atoms with Gasteiger partial charge in [0.1, 0.15) is 6.61 Å². The molecule has 0 aliphatic rings. The van der Waals surface area contributed by atoms with Crippen LogP contribution in [0.5, 0.6) is 0 Å². The number of anilines is 1. The lowest BCUT2D eigenvalue weighted by molar-refractivity contribution is 0.102. The van der Waals surface area contributed by atoms with E-state index in [4.69, 9.17) is 5.11 Å². The number of thiophene rings is 1. The van der Waals surface area contributed by atoms with E-state index in [-0.39, 0.29) is 12.5 Å². The molecule has 0 aromatic carbocycles. The number of hydrogen-bond donors (Lipinski definition) is 3. The summed E-state index contributed by atoms with van der Waals surface area (Å²) < 4.78 is 0. The summed E-state index contributed by atoms with van der Waals surface area (Å²) in [5.41, 5.74) is 2.83. The van der Waals surface area contributed by atoms with Crippen LogP contribution in [0.15, 0.2) is 11.4 Å². The van der Waals surface area contributed by atoms with Crippen LogP contribution in [0.1, 0.15) is 26.6 Å². The van der Waals surface area contributed by atoms with Crippen LogP contribution in [-0.4, -0.2) is 27.8 Å². The van der Waals surface area contributed by atoms with Gasteiger partial charge in [0.2, 0.25) is 0 Å². The minimum absolute atomic E-state index is 0.188. The Morgan fingerprint density at radius 2 is 2.37 bits per heavy atom. The van der Waals surface area contributed by atoms with Crippen molar-refractivity contribution >= 4 is 22.9 Å². The number of aliphatic hydroxyl groups excluding tert-OH is 1. The highest BCUT2D eigenvalue weighted by atomic mass is 32.1. The van der Waals surface area contributed by atoms with Crippen LogP contribution in [0, 0.1) is 25.7 Å². The molecule has 0 bridgehead atoms. The fourth-order valence-electron chi connectivity index (χ4n) is 1.57. The predicted molar refractivity (Wildman–Crippen MR) is 74.3 cm³/mol. The summed E-state index contributed by atoms with van der Waals surface area (Å²) in [5, 5.41) is 20.0. The molecule has 0 unspecified atom stereocenters. The summed E-state index contributed by atoms with van der Waals surface area (Å²) in [4.78, 5) is 12.8. The van der Waals surface area contributed by atoms with Crippen LogP contribution in [0.2, 0.25) is 0 Å². The summed E-state index contributed by atoms with van der Waals surface area (Å²) in [7, 11) is 0. The zero-order chi connectivity index (χ0) is 13.8. The maximum Gasteiger partial charge on any atom is 0.256 e. The number of nitrogens with zero attached hydrogens (tertiary/aromatic N) is 1. The molecule has 0 saturated heterocycles. The lowest BCUT2D eigenvalue weighted by atomic mass is 10.2. The SMILES string of the molecule is Cc1n[nH]c(C)c1NC(=O)c1csc(C#CCO)c1. The molecule has 2 rings (SSSR count). The zero-order valence-electron chi connectivity index (χ0n) is 10.6. The fraction of sp³-hybridized carbons (Fsp3) is 0.231. The standard InChI is InChI=1S/C13H13N3O2S/c1-8-12(9(2)16-15-8)14-13(18)10-6-11(19-7-10)4-3-5-17/h6-7,17H,5H2,1-2H3,(H,14,18)(H,15,16). The Hall–Kier alpha value is -2.10. The summed E-state index contributed by atoms with van der Waals surface area (Å²) >= 11 is 1.37. The molecule has 0 fully saturated rings. The van der Waals surface area contributed by atoms with Crippen LogP contribution < -0.4 is 5.32 Å². The third kappa shape index (κ3) is 3.02. The molecular formula is C13H13N3O2S. The number of aromatic nitrogens is 2. The van der Waals surface area contributed by atoms with Crippen molar-refractivity contribution in [2.75, 3.05) is 11.9 Å². The van der Waals surface area contributed by atoms with Crippen molar-refractivity contribution in [3.05, 3.63) is 33.3 Å². The predicted octanol–water partition coefficient (Wildman–Crippen LogP) is 1.68. The molecule has 2 aromatic rings. The van der Waals surface area contributed by atoms with Crippen LogP contribution in [0.25, 0.3) is 0 Å². The molecule has 2 heterocycles. The van der Waals surface area contributed by atoms with Crippen LogP contribution >= 0.6 is 11.3 Å². The molecule has 1 amide bonds. The summed E-state index contributed by atoms with van der Waals surface area (Å²) in [6, 6.07) is 1.70. The fourth-order valence-corrected chi connectivity index (χ4v) is 2.32. The third-order valence-electron chi connectivity index (χ3n) is 2.52. The minimum atomic E-state index is -0.194. The van der Waals surface area contributed by atoms with Gasteiger partial charge in [0, 0.05) is 5.38 Å². The van der Waals surface area contributed by atoms with Crippen molar-refractivity contribution in [3.63, 3.8) is 0 Å². The molecule has 0 aliphatic heterocycles.